The Bertz CT molecular complexity index is 340. The summed E-state index contributed by atoms with van der Waals surface area (Å²) in [6.07, 6.45) is 0. The van der Waals surface area contributed by atoms with Gasteiger partial charge in [-0.15, -0.1) is 0 Å². The molecule has 0 saturated carbocycles. The molecule has 104 valence electrons. The van der Waals surface area contributed by atoms with Gasteiger partial charge in [0.2, 0.25) is 0 Å². The highest BCUT2D eigenvalue weighted by Crippen LogP contribution is 2.10. The smallest absolute Gasteiger partial charge is 0.129 e. The molecule has 0 aromatic carbocycles. The molecule has 0 aliphatic rings. The summed E-state index contributed by atoms with van der Waals surface area (Å²) in [7, 11) is 4.07. The molecule has 1 N–H and O–H groups in total. The quantitative estimate of drug-likeness (QED) is 0.757. The Hall–Kier alpha value is -0.840. The van der Waals surface area contributed by atoms with Gasteiger partial charge < -0.3 is 19.4 Å². The van der Waals surface area contributed by atoms with Crippen LogP contribution < -0.4 is 5.32 Å². The highest BCUT2D eigenvalue weighted by atomic mass is 16.5. The molecule has 0 saturated heterocycles. The minimum Gasteiger partial charge on any atom is -0.462 e. The van der Waals surface area contributed by atoms with E-state index in [4.69, 9.17) is 9.15 Å². The molecule has 0 aliphatic heterocycles. The van der Waals surface area contributed by atoms with E-state index in [9.17, 15) is 0 Å². The molecule has 4 nitrogen and oxygen atoms in total. The monoisotopic (exact) mass is 254 g/mol. The summed E-state index contributed by atoms with van der Waals surface area (Å²) < 4.78 is 11.2. The Morgan fingerprint density at radius 3 is 2.50 bits per heavy atom. The third-order valence-electron chi connectivity index (χ3n) is 2.44. The first-order valence-electron chi connectivity index (χ1n) is 6.42. The molecule has 0 bridgehead atoms. The van der Waals surface area contributed by atoms with Crippen molar-refractivity contribution >= 4 is 0 Å². The van der Waals surface area contributed by atoms with Gasteiger partial charge >= 0.3 is 0 Å². The highest BCUT2D eigenvalue weighted by molar-refractivity contribution is 5.06. The van der Waals surface area contributed by atoms with Crippen LogP contribution in [0.1, 0.15) is 32.3 Å². The minimum absolute atomic E-state index is 0.106. The number of hydrogen-bond donors (Lipinski definition) is 1. The van der Waals surface area contributed by atoms with Crippen molar-refractivity contribution in [2.75, 3.05) is 27.2 Å². The van der Waals surface area contributed by atoms with Crippen LogP contribution in [0.2, 0.25) is 0 Å². The van der Waals surface area contributed by atoms with Gasteiger partial charge in [-0.2, -0.15) is 0 Å². The van der Waals surface area contributed by atoms with Crippen LogP contribution in [0.3, 0.4) is 0 Å². The molecule has 0 aliphatic carbocycles. The fourth-order valence-electron chi connectivity index (χ4n) is 1.37. The van der Waals surface area contributed by atoms with E-state index in [2.05, 4.69) is 31.0 Å². The first kappa shape index (κ1) is 15.2. The number of ether oxygens (including phenoxy) is 1. The second kappa shape index (κ2) is 6.92. The van der Waals surface area contributed by atoms with Crippen LogP contribution in [0.5, 0.6) is 0 Å². The maximum absolute atomic E-state index is 5.68. The fourth-order valence-corrected chi connectivity index (χ4v) is 1.37. The average molecular weight is 254 g/mol. The summed E-state index contributed by atoms with van der Waals surface area (Å²) >= 11 is 0. The summed E-state index contributed by atoms with van der Waals surface area (Å²) in [6.45, 7) is 9.37. The lowest BCUT2D eigenvalue weighted by molar-refractivity contribution is 0.0917. The molecular weight excluding hydrogens is 228 g/mol. The van der Waals surface area contributed by atoms with Gasteiger partial charge in [0.1, 0.15) is 18.1 Å². The van der Waals surface area contributed by atoms with Crippen molar-refractivity contribution in [2.24, 2.45) is 0 Å². The predicted octanol–water partition coefficient (Wildman–Crippen LogP) is 2.25. The van der Waals surface area contributed by atoms with Crippen LogP contribution in [0.25, 0.3) is 0 Å². The zero-order valence-corrected chi connectivity index (χ0v) is 12.2. The standard InChI is InChI=1S/C14H26N2O2/c1-14(2,3)15-10-12-6-7-13(18-12)11-17-9-8-16(4)5/h6-7,15H,8-11H2,1-5H3. The van der Waals surface area contributed by atoms with Crippen molar-refractivity contribution in [3.63, 3.8) is 0 Å². The molecule has 1 rings (SSSR count). The first-order valence-corrected chi connectivity index (χ1v) is 6.42. The summed E-state index contributed by atoms with van der Waals surface area (Å²) in [5, 5.41) is 3.39. The Morgan fingerprint density at radius 2 is 1.89 bits per heavy atom. The van der Waals surface area contributed by atoms with Gasteiger partial charge in [0, 0.05) is 12.1 Å². The van der Waals surface area contributed by atoms with Gasteiger partial charge in [-0.1, -0.05) is 0 Å². The van der Waals surface area contributed by atoms with E-state index in [0.717, 1.165) is 31.2 Å². The first-order chi connectivity index (χ1) is 8.37. The molecule has 0 amide bonds. The van der Waals surface area contributed by atoms with E-state index in [1.807, 2.05) is 26.2 Å². The molecule has 18 heavy (non-hydrogen) atoms. The number of furan rings is 1. The molecule has 0 radical (unpaired) electrons. The zero-order chi connectivity index (χ0) is 13.6. The molecular formula is C14H26N2O2. The second-order valence-electron chi connectivity index (χ2n) is 5.83. The number of nitrogens with zero attached hydrogens (tertiary/aromatic N) is 1. The molecule has 0 atom stereocenters. The Morgan fingerprint density at radius 1 is 1.22 bits per heavy atom. The second-order valence-corrected chi connectivity index (χ2v) is 5.83. The van der Waals surface area contributed by atoms with Gasteiger partial charge in [-0.05, 0) is 47.0 Å². The van der Waals surface area contributed by atoms with Crippen molar-refractivity contribution in [2.45, 2.75) is 39.5 Å². The summed E-state index contributed by atoms with van der Waals surface area (Å²) in [6, 6.07) is 3.98. The van der Waals surface area contributed by atoms with E-state index < -0.39 is 0 Å². The van der Waals surface area contributed by atoms with Crippen molar-refractivity contribution in [3.8, 4) is 0 Å². The van der Waals surface area contributed by atoms with E-state index in [1.165, 1.54) is 0 Å². The Kier molecular flexibility index (Phi) is 5.85. The van der Waals surface area contributed by atoms with Crippen LogP contribution in [-0.4, -0.2) is 37.7 Å². The fraction of sp³-hybridized carbons (Fsp3) is 0.714. The van der Waals surface area contributed by atoms with Crippen molar-refractivity contribution in [1.82, 2.24) is 10.2 Å². The largest absolute Gasteiger partial charge is 0.462 e. The van der Waals surface area contributed by atoms with E-state index >= 15 is 0 Å². The highest BCUT2D eigenvalue weighted by Gasteiger charge is 2.10. The number of hydrogen-bond acceptors (Lipinski definition) is 4. The van der Waals surface area contributed by atoms with Crippen LogP contribution in [0, 0.1) is 0 Å². The lowest BCUT2D eigenvalue weighted by Gasteiger charge is -2.19. The zero-order valence-electron chi connectivity index (χ0n) is 12.2. The topological polar surface area (TPSA) is 37.6 Å². The maximum atomic E-state index is 5.68. The van der Waals surface area contributed by atoms with E-state index in [0.29, 0.717) is 6.61 Å². The lowest BCUT2D eigenvalue weighted by Crippen LogP contribution is -2.34. The maximum Gasteiger partial charge on any atom is 0.129 e. The predicted molar refractivity (Wildman–Crippen MR) is 73.5 cm³/mol. The SMILES string of the molecule is CN(C)CCOCc1ccc(CNC(C)(C)C)o1. The van der Waals surface area contributed by atoms with Gasteiger partial charge in [0.15, 0.2) is 0 Å². The lowest BCUT2D eigenvalue weighted by atomic mass is 10.1. The number of nitrogens with one attached hydrogen (secondary N) is 1. The number of rotatable bonds is 7. The van der Waals surface area contributed by atoms with Crippen LogP contribution in [0.15, 0.2) is 16.5 Å². The molecule has 0 fully saturated rings. The van der Waals surface area contributed by atoms with Crippen molar-refractivity contribution in [3.05, 3.63) is 23.7 Å². The molecule has 4 heteroatoms. The van der Waals surface area contributed by atoms with Gasteiger partial charge in [0.05, 0.1) is 13.2 Å². The normalized spacial score (nSPS) is 12.3. The molecule has 0 unspecified atom stereocenters. The van der Waals surface area contributed by atoms with Gasteiger partial charge in [-0.3, -0.25) is 0 Å². The van der Waals surface area contributed by atoms with Crippen molar-refractivity contribution < 1.29 is 9.15 Å². The number of likely N-dealkylation sites (N-methyl/N-ethyl adjacent to an activating group) is 1. The third-order valence-corrected chi connectivity index (χ3v) is 2.44. The van der Waals surface area contributed by atoms with E-state index in [1.54, 1.807) is 0 Å². The molecule has 1 aromatic heterocycles. The molecule has 1 aromatic rings. The van der Waals surface area contributed by atoms with Crippen LogP contribution >= 0.6 is 0 Å². The van der Waals surface area contributed by atoms with E-state index in [-0.39, 0.29) is 5.54 Å². The van der Waals surface area contributed by atoms with Gasteiger partial charge in [-0.25, -0.2) is 0 Å². The Balaban J connectivity index is 2.26. The van der Waals surface area contributed by atoms with Crippen LogP contribution in [0.4, 0.5) is 0 Å². The van der Waals surface area contributed by atoms with Crippen LogP contribution in [-0.2, 0) is 17.9 Å². The molecule has 0 spiro atoms. The summed E-state index contributed by atoms with van der Waals surface area (Å²) in [4.78, 5) is 2.10. The third kappa shape index (κ3) is 6.79. The molecule has 1 heterocycles. The Labute approximate surface area is 110 Å². The average Bonchev–Trinajstić information content (AvgIpc) is 2.68. The summed E-state index contributed by atoms with van der Waals surface area (Å²) in [5.41, 5.74) is 0.106. The van der Waals surface area contributed by atoms with Gasteiger partial charge in [0.25, 0.3) is 0 Å². The van der Waals surface area contributed by atoms with Crippen molar-refractivity contribution in [1.29, 1.82) is 0 Å². The summed E-state index contributed by atoms with van der Waals surface area (Å²) in [5.74, 6) is 1.84. The minimum atomic E-state index is 0.106.